The molecule has 2 N–H and O–H groups in total. The van der Waals surface area contributed by atoms with E-state index < -0.39 is 0 Å². The van der Waals surface area contributed by atoms with Gasteiger partial charge in [0.15, 0.2) is 0 Å². The van der Waals surface area contributed by atoms with E-state index in [4.69, 9.17) is 0 Å². The van der Waals surface area contributed by atoms with Gasteiger partial charge in [0.1, 0.15) is 0 Å². The van der Waals surface area contributed by atoms with Crippen LogP contribution in [0.5, 0.6) is 0 Å². The van der Waals surface area contributed by atoms with Crippen LogP contribution in [0.15, 0.2) is 24.3 Å². The number of fused-ring (bicyclic) bond motifs is 1. The van der Waals surface area contributed by atoms with Crippen LogP contribution in [-0.4, -0.2) is 43.0 Å². The molecule has 112 valence electrons. The summed E-state index contributed by atoms with van der Waals surface area (Å²) >= 11 is 0. The Kier molecular flexibility index (Phi) is 4.08. The van der Waals surface area contributed by atoms with Crippen molar-refractivity contribution < 1.29 is 9.59 Å². The average molecular weight is 287 g/mol. The second kappa shape index (κ2) is 6.16. The van der Waals surface area contributed by atoms with Crippen molar-refractivity contribution in [2.75, 3.05) is 26.2 Å². The Morgan fingerprint density at radius 2 is 2.24 bits per heavy atom. The summed E-state index contributed by atoms with van der Waals surface area (Å²) in [4.78, 5) is 25.1. The highest BCUT2D eigenvalue weighted by Crippen LogP contribution is 2.34. The summed E-state index contributed by atoms with van der Waals surface area (Å²) in [6.07, 6.45) is 2.67. The normalized spacial score (nSPS) is 20.3. The number of carbonyl (C=O) groups excluding carboxylic acids is 2. The summed E-state index contributed by atoms with van der Waals surface area (Å²) in [6.45, 7) is 2.54. The number of hydrogen-bond acceptors (Lipinski definition) is 2. The maximum atomic E-state index is 12.0. The number of rotatable bonds is 5. The highest BCUT2D eigenvalue weighted by atomic mass is 16.2. The number of carbonyl (C=O) groups is 2. The zero-order chi connectivity index (χ0) is 14.7. The minimum Gasteiger partial charge on any atom is -0.354 e. The summed E-state index contributed by atoms with van der Waals surface area (Å²) in [7, 11) is 0. The van der Waals surface area contributed by atoms with Crippen molar-refractivity contribution >= 4 is 11.9 Å². The molecule has 0 spiro atoms. The Morgan fingerprint density at radius 1 is 1.38 bits per heavy atom. The first-order chi connectivity index (χ1) is 10.2. The van der Waals surface area contributed by atoms with Crippen LogP contribution in [0.3, 0.4) is 0 Å². The van der Waals surface area contributed by atoms with E-state index in [0.717, 1.165) is 19.4 Å². The molecule has 0 unspecified atom stereocenters. The second-order valence-corrected chi connectivity index (χ2v) is 5.71. The highest BCUT2D eigenvalue weighted by Gasteiger charge is 2.24. The Balaban J connectivity index is 1.44. The number of benzene rings is 1. The van der Waals surface area contributed by atoms with Gasteiger partial charge in [-0.2, -0.15) is 0 Å². The topological polar surface area (TPSA) is 61.4 Å². The largest absolute Gasteiger partial charge is 0.354 e. The van der Waals surface area contributed by atoms with Crippen LogP contribution in [0.4, 0.5) is 4.79 Å². The molecule has 0 aromatic heterocycles. The molecule has 3 rings (SSSR count). The number of nitrogens with one attached hydrogen (secondary N) is 2. The maximum Gasteiger partial charge on any atom is 0.317 e. The van der Waals surface area contributed by atoms with E-state index in [2.05, 4.69) is 28.8 Å². The Labute approximate surface area is 124 Å². The molecule has 0 bridgehead atoms. The van der Waals surface area contributed by atoms with Gasteiger partial charge in [0.2, 0.25) is 5.91 Å². The van der Waals surface area contributed by atoms with Crippen LogP contribution < -0.4 is 10.6 Å². The number of amides is 3. The van der Waals surface area contributed by atoms with Crippen molar-refractivity contribution in [3.05, 3.63) is 35.4 Å². The third-order valence-corrected chi connectivity index (χ3v) is 4.34. The lowest BCUT2D eigenvalue weighted by atomic mass is 9.97. The molecule has 3 amide bonds. The van der Waals surface area contributed by atoms with E-state index in [-0.39, 0.29) is 11.9 Å². The van der Waals surface area contributed by atoms with Gasteiger partial charge in [-0.1, -0.05) is 24.3 Å². The molecule has 1 heterocycles. The fraction of sp³-hybridized carbons (Fsp3) is 0.500. The molecule has 1 aromatic rings. The van der Waals surface area contributed by atoms with Crippen molar-refractivity contribution in [2.45, 2.75) is 25.2 Å². The van der Waals surface area contributed by atoms with Crippen LogP contribution in [0, 0.1) is 0 Å². The average Bonchev–Trinajstić information content (AvgIpc) is 3.07. The highest BCUT2D eigenvalue weighted by molar-refractivity contribution is 5.78. The number of aryl methyl sites for hydroxylation is 1. The molecular weight excluding hydrogens is 266 g/mol. The standard InChI is InChI=1S/C16H21N3O2/c20-15(17-7-9-19-10-8-18-16(19)21)11-13-6-5-12-3-1-2-4-14(12)13/h1-4,13H,5-11H2,(H,17,20)(H,18,21)/t13-/m1/s1. The van der Waals surface area contributed by atoms with Gasteiger partial charge < -0.3 is 15.5 Å². The monoisotopic (exact) mass is 287 g/mol. The second-order valence-electron chi connectivity index (χ2n) is 5.71. The van der Waals surface area contributed by atoms with Gasteiger partial charge in [0, 0.05) is 32.6 Å². The van der Waals surface area contributed by atoms with E-state index in [1.807, 2.05) is 6.07 Å². The molecule has 1 saturated heterocycles. The van der Waals surface area contributed by atoms with E-state index in [9.17, 15) is 9.59 Å². The predicted octanol–water partition coefficient (Wildman–Crippen LogP) is 1.25. The molecular formula is C16H21N3O2. The summed E-state index contributed by atoms with van der Waals surface area (Å²) < 4.78 is 0. The van der Waals surface area contributed by atoms with E-state index in [0.29, 0.717) is 32.0 Å². The minimum atomic E-state index is -0.0334. The van der Waals surface area contributed by atoms with Crippen molar-refractivity contribution in [1.82, 2.24) is 15.5 Å². The smallest absolute Gasteiger partial charge is 0.317 e. The first-order valence-corrected chi connectivity index (χ1v) is 7.61. The minimum absolute atomic E-state index is 0.0334. The molecule has 1 aromatic carbocycles. The molecule has 21 heavy (non-hydrogen) atoms. The summed E-state index contributed by atoms with van der Waals surface area (Å²) in [5.74, 6) is 0.424. The third-order valence-electron chi connectivity index (χ3n) is 4.34. The van der Waals surface area contributed by atoms with Gasteiger partial charge in [-0.25, -0.2) is 4.79 Å². The quantitative estimate of drug-likeness (QED) is 0.856. The Morgan fingerprint density at radius 3 is 3.05 bits per heavy atom. The van der Waals surface area contributed by atoms with Crippen molar-refractivity contribution in [3.8, 4) is 0 Å². The van der Waals surface area contributed by atoms with Gasteiger partial charge in [-0.05, 0) is 29.9 Å². The molecule has 1 fully saturated rings. The van der Waals surface area contributed by atoms with E-state index in [1.165, 1.54) is 11.1 Å². The molecule has 1 atom stereocenters. The van der Waals surface area contributed by atoms with Crippen molar-refractivity contribution in [2.24, 2.45) is 0 Å². The summed E-state index contributed by atoms with van der Waals surface area (Å²) in [6, 6.07) is 8.35. The first kappa shape index (κ1) is 13.9. The molecule has 5 nitrogen and oxygen atoms in total. The lowest BCUT2D eigenvalue weighted by Crippen LogP contribution is -2.37. The van der Waals surface area contributed by atoms with Crippen molar-refractivity contribution in [1.29, 1.82) is 0 Å². The van der Waals surface area contributed by atoms with Crippen LogP contribution in [-0.2, 0) is 11.2 Å². The van der Waals surface area contributed by atoms with Crippen LogP contribution >= 0.6 is 0 Å². The fourth-order valence-corrected chi connectivity index (χ4v) is 3.21. The van der Waals surface area contributed by atoms with Gasteiger partial charge in [-0.15, -0.1) is 0 Å². The van der Waals surface area contributed by atoms with Crippen molar-refractivity contribution in [3.63, 3.8) is 0 Å². The predicted molar refractivity (Wildman–Crippen MR) is 80.1 cm³/mol. The van der Waals surface area contributed by atoms with E-state index >= 15 is 0 Å². The zero-order valence-corrected chi connectivity index (χ0v) is 12.1. The first-order valence-electron chi connectivity index (χ1n) is 7.61. The van der Waals surface area contributed by atoms with Crippen LogP contribution in [0.2, 0.25) is 0 Å². The van der Waals surface area contributed by atoms with Gasteiger partial charge in [0.25, 0.3) is 0 Å². The van der Waals surface area contributed by atoms with Gasteiger partial charge >= 0.3 is 6.03 Å². The molecule has 1 aliphatic heterocycles. The summed E-state index contributed by atoms with van der Waals surface area (Å²) in [5, 5.41) is 5.68. The number of urea groups is 1. The molecule has 2 aliphatic rings. The molecule has 1 aliphatic carbocycles. The SMILES string of the molecule is O=C(C[C@H]1CCc2ccccc21)NCCN1CCNC1=O. The Hall–Kier alpha value is -2.04. The lowest BCUT2D eigenvalue weighted by molar-refractivity contribution is -0.121. The third kappa shape index (κ3) is 3.17. The van der Waals surface area contributed by atoms with Gasteiger partial charge in [0.05, 0.1) is 0 Å². The molecule has 5 heteroatoms. The number of hydrogen-bond donors (Lipinski definition) is 2. The fourth-order valence-electron chi connectivity index (χ4n) is 3.21. The maximum absolute atomic E-state index is 12.0. The Bertz CT molecular complexity index is 544. The molecule has 0 saturated carbocycles. The van der Waals surface area contributed by atoms with Gasteiger partial charge in [-0.3, -0.25) is 4.79 Å². The van der Waals surface area contributed by atoms with E-state index in [1.54, 1.807) is 4.90 Å². The van der Waals surface area contributed by atoms with Crippen LogP contribution in [0.1, 0.15) is 29.9 Å². The molecule has 0 radical (unpaired) electrons. The zero-order valence-electron chi connectivity index (χ0n) is 12.1. The van der Waals surface area contributed by atoms with Crippen LogP contribution in [0.25, 0.3) is 0 Å². The lowest BCUT2D eigenvalue weighted by Gasteiger charge is -2.15. The summed E-state index contributed by atoms with van der Waals surface area (Å²) in [5.41, 5.74) is 2.70. The number of nitrogens with zero attached hydrogens (tertiary/aromatic N) is 1.